The zero-order valence-electron chi connectivity index (χ0n) is 14.0. The first-order valence-electron chi connectivity index (χ1n) is 7.91. The highest BCUT2D eigenvalue weighted by Gasteiger charge is 2.18. The van der Waals surface area contributed by atoms with Crippen molar-refractivity contribution in [1.29, 1.82) is 0 Å². The van der Waals surface area contributed by atoms with Gasteiger partial charge in [0.25, 0.3) is 0 Å². The summed E-state index contributed by atoms with van der Waals surface area (Å²) in [6, 6.07) is 14.3. The molecule has 0 aliphatic rings. The molecule has 3 aromatic rings. The largest absolute Gasteiger partial charge is 0.325 e. The van der Waals surface area contributed by atoms with Crippen molar-refractivity contribution in [3.8, 4) is 0 Å². The summed E-state index contributed by atoms with van der Waals surface area (Å²) in [5.41, 5.74) is 1.67. The molecule has 26 heavy (non-hydrogen) atoms. The summed E-state index contributed by atoms with van der Waals surface area (Å²) in [5.74, 6) is 0.210. The van der Waals surface area contributed by atoms with E-state index >= 15 is 0 Å². The third-order valence-electron chi connectivity index (χ3n) is 3.70. The molecule has 0 fully saturated rings. The molecule has 0 unspecified atom stereocenters. The third-order valence-corrected chi connectivity index (χ3v) is 5.45. The van der Waals surface area contributed by atoms with Gasteiger partial charge in [-0.05, 0) is 30.5 Å². The maximum absolute atomic E-state index is 13.4. The van der Waals surface area contributed by atoms with Crippen molar-refractivity contribution < 1.29 is 13.6 Å². The summed E-state index contributed by atoms with van der Waals surface area (Å²) in [4.78, 5) is 17.4. The number of fused-ring (bicyclic) bond motifs is 1. The highest BCUT2D eigenvalue weighted by Crippen LogP contribution is 2.30. The molecule has 1 N–H and O–H groups in total. The molecule has 1 heterocycles. The van der Waals surface area contributed by atoms with E-state index in [2.05, 4.69) is 10.3 Å². The normalized spacial score (nSPS) is 11.2. The van der Waals surface area contributed by atoms with Crippen LogP contribution in [0.3, 0.4) is 0 Å². The molecule has 4 nitrogen and oxygen atoms in total. The second kappa shape index (κ2) is 8.55. The van der Waals surface area contributed by atoms with Crippen LogP contribution in [0.2, 0.25) is 0 Å². The van der Waals surface area contributed by atoms with Crippen LogP contribution >= 0.6 is 23.5 Å². The summed E-state index contributed by atoms with van der Waals surface area (Å²) in [6.45, 7) is -2.67. The predicted molar refractivity (Wildman–Crippen MR) is 103 cm³/mol. The number of benzene rings is 2. The number of halogens is 2. The molecule has 0 bridgehead atoms. The highest BCUT2D eigenvalue weighted by molar-refractivity contribution is 7.99. The minimum atomic E-state index is -2.67. The Balaban J connectivity index is 1.64. The molecule has 3 rings (SSSR count). The van der Waals surface area contributed by atoms with Gasteiger partial charge in [0.1, 0.15) is 0 Å². The number of hydrogen-bond donors (Lipinski definition) is 1. The highest BCUT2D eigenvalue weighted by atomic mass is 32.2. The van der Waals surface area contributed by atoms with Gasteiger partial charge in [-0.25, -0.2) is 4.98 Å². The number of hydrogen-bond acceptors (Lipinski definition) is 4. The second-order valence-corrected chi connectivity index (χ2v) is 7.29. The van der Waals surface area contributed by atoms with Crippen molar-refractivity contribution in [3.63, 3.8) is 0 Å². The Labute approximate surface area is 158 Å². The van der Waals surface area contributed by atoms with Crippen molar-refractivity contribution in [2.75, 3.05) is 17.3 Å². The number of alkyl halides is 2. The molecule has 0 aliphatic heterocycles. The Morgan fingerprint density at radius 3 is 2.69 bits per heavy atom. The van der Waals surface area contributed by atoms with Crippen LogP contribution in [-0.4, -0.2) is 27.5 Å². The van der Waals surface area contributed by atoms with Crippen molar-refractivity contribution in [2.45, 2.75) is 23.0 Å². The third kappa shape index (κ3) is 4.19. The molecule has 8 heteroatoms. The number of para-hydroxylation sites is 3. The van der Waals surface area contributed by atoms with E-state index in [0.29, 0.717) is 16.8 Å². The summed E-state index contributed by atoms with van der Waals surface area (Å²) < 4.78 is 27.7. The zero-order chi connectivity index (χ0) is 18.5. The lowest BCUT2D eigenvalue weighted by Crippen LogP contribution is -2.13. The fourth-order valence-electron chi connectivity index (χ4n) is 2.51. The van der Waals surface area contributed by atoms with Gasteiger partial charge in [0.05, 0.1) is 16.7 Å². The molecule has 0 spiro atoms. The van der Waals surface area contributed by atoms with Crippen LogP contribution in [-0.2, 0) is 4.79 Å². The lowest BCUT2D eigenvalue weighted by atomic mass is 10.3. The van der Waals surface area contributed by atoms with Crippen LogP contribution in [0, 0.1) is 0 Å². The number of rotatable bonds is 7. The van der Waals surface area contributed by atoms with Gasteiger partial charge in [0.2, 0.25) is 5.91 Å². The molecule has 1 amide bonds. The van der Waals surface area contributed by atoms with E-state index in [-0.39, 0.29) is 17.5 Å². The molecule has 0 aliphatic carbocycles. The van der Waals surface area contributed by atoms with Gasteiger partial charge in [-0.3, -0.25) is 9.36 Å². The van der Waals surface area contributed by atoms with Gasteiger partial charge < -0.3 is 5.32 Å². The van der Waals surface area contributed by atoms with E-state index in [1.807, 2.05) is 30.5 Å². The smallest absolute Gasteiger partial charge is 0.321 e. The Kier molecular flexibility index (Phi) is 6.16. The molecular weight excluding hydrogens is 376 g/mol. The minimum Gasteiger partial charge on any atom is -0.325 e. The van der Waals surface area contributed by atoms with Gasteiger partial charge in [-0.15, -0.1) is 11.8 Å². The summed E-state index contributed by atoms with van der Waals surface area (Å²) >= 11 is 2.70. The van der Waals surface area contributed by atoms with Crippen LogP contribution in [0.15, 0.2) is 58.6 Å². The van der Waals surface area contributed by atoms with Gasteiger partial charge in [-0.1, -0.05) is 36.0 Å². The molecule has 1 aromatic heterocycles. The van der Waals surface area contributed by atoms with Crippen LogP contribution in [0.1, 0.15) is 13.0 Å². The first kappa shape index (κ1) is 18.7. The number of anilines is 1. The molecule has 0 radical (unpaired) electrons. The van der Waals surface area contributed by atoms with Crippen LogP contribution < -0.4 is 5.32 Å². The average molecular weight is 393 g/mol. The Morgan fingerprint density at radius 2 is 1.92 bits per heavy atom. The topological polar surface area (TPSA) is 46.9 Å². The minimum absolute atomic E-state index is 0.154. The lowest BCUT2D eigenvalue weighted by molar-refractivity contribution is -0.115. The SMILES string of the molecule is CSc1ccccc1NC(=O)CCSc1nc2ccccc2n1C(F)F. The van der Waals surface area contributed by atoms with Crippen LogP contribution in [0.25, 0.3) is 11.0 Å². The maximum Gasteiger partial charge on any atom is 0.321 e. The van der Waals surface area contributed by atoms with E-state index in [1.54, 1.807) is 36.0 Å². The number of imidazole rings is 1. The van der Waals surface area contributed by atoms with E-state index in [4.69, 9.17) is 0 Å². The maximum atomic E-state index is 13.4. The van der Waals surface area contributed by atoms with Crippen LogP contribution in [0.4, 0.5) is 14.5 Å². The fraction of sp³-hybridized carbons (Fsp3) is 0.222. The summed E-state index contributed by atoms with van der Waals surface area (Å²) in [6.07, 6.45) is 2.15. The van der Waals surface area contributed by atoms with E-state index in [9.17, 15) is 13.6 Å². The number of carbonyl (C=O) groups excluding carboxylic acids is 1. The van der Waals surface area contributed by atoms with Gasteiger partial charge in [0.15, 0.2) is 5.16 Å². The van der Waals surface area contributed by atoms with Crippen molar-refractivity contribution in [3.05, 3.63) is 48.5 Å². The predicted octanol–water partition coefficient (Wildman–Crippen LogP) is 5.27. The number of thioether (sulfide) groups is 2. The molecule has 0 atom stereocenters. The quantitative estimate of drug-likeness (QED) is 0.555. The number of carbonyl (C=O) groups is 1. The molecule has 0 saturated heterocycles. The fourth-order valence-corrected chi connectivity index (χ4v) is 4.01. The molecule has 0 saturated carbocycles. The monoisotopic (exact) mass is 393 g/mol. The standard InChI is InChI=1S/C18H17F2N3OS2/c1-25-15-9-5-3-7-13(15)21-16(24)10-11-26-18-22-12-6-2-4-8-14(12)23(18)17(19)20/h2-9,17H,10-11H2,1H3,(H,21,24). The molecule has 2 aromatic carbocycles. The van der Waals surface area contributed by atoms with E-state index in [1.165, 1.54) is 0 Å². The van der Waals surface area contributed by atoms with Crippen molar-refractivity contribution in [1.82, 2.24) is 9.55 Å². The van der Waals surface area contributed by atoms with Gasteiger partial charge in [-0.2, -0.15) is 8.78 Å². The number of nitrogens with one attached hydrogen (secondary N) is 1. The van der Waals surface area contributed by atoms with E-state index < -0.39 is 6.55 Å². The van der Waals surface area contributed by atoms with Gasteiger partial charge in [0, 0.05) is 17.1 Å². The van der Waals surface area contributed by atoms with Gasteiger partial charge >= 0.3 is 6.55 Å². The van der Waals surface area contributed by atoms with Crippen molar-refractivity contribution in [2.24, 2.45) is 0 Å². The molecule has 136 valence electrons. The van der Waals surface area contributed by atoms with Crippen molar-refractivity contribution >= 4 is 46.2 Å². The van der Waals surface area contributed by atoms with E-state index in [0.717, 1.165) is 26.9 Å². The Morgan fingerprint density at radius 1 is 1.19 bits per heavy atom. The Hall–Kier alpha value is -2.06. The molecular formula is C18H17F2N3OS2. The first-order valence-corrected chi connectivity index (χ1v) is 10.1. The second-order valence-electron chi connectivity index (χ2n) is 5.38. The summed E-state index contributed by atoms with van der Waals surface area (Å²) in [7, 11) is 0. The number of aromatic nitrogens is 2. The Bertz CT molecular complexity index is 914. The lowest BCUT2D eigenvalue weighted by Gasteiger charge is -2.09. The number of amides is 1. The average Bonchev–Trinajstić information content (AvgIpc) is 3.00. The number of nitrogens with zero attached hydrogens (tertiary/aromatic N) is 2. The first-order chi connectivity index (χ1) is 12.6. The summed E-state index contributed by atoms with van der Waals surface area (Å²) in [5, 5.41) is 3.08. The zero-order valence-corrected chi connectivity index (χ0v) is 15.6. The van der Waals surface area contributed by atoms with Crippen LogP contribution in [0.5, 0.6) is 0 Å².